The van der Waals surface area contributed by atoms with E-state index in [1.165, 1.54) is 22.3 Å². The monoisotopic (exact) mass is 320 g/mol. The Morgan fingerprint density at radius 3 is 1.25 bits per heavy atom. The quantitative estimate of drug-likeness (QED) is 0.578. The molecule has 0 unspecified atom stereocenters. The lowest BCUT2D eigenvalue weighted by Gasteiger charge is -2.05. The summed E-state index contributed by atoms with van der Waals surface area (Å²) in [5.41, 5.74) is 5.20. The van der Waals surface area contributed by atoms with Gasteiger partial charge in [-0.3, -0.25) is 9.98 Å². The normalized spacial score (nSPS) is 12.1. The Morgan fingerprint density at radius 2 is 0.958 bits per heavy atom. The number of hydrogen-bond acceptors (Lipinski definition) is 2. The Labute approximate surface area is 146 Å². The minimum Gasteiger partial charge on any atom is -0.287 e. The molecule has 0 amide bonds. The van der Waals surface area contributed by atoms with Crippen LogP contribution in [0.3, 0.4) is 0 Å². The van der Waals surface area contributed by atoms with Gasteiger partial charge in [-0.2, -0.15) is 0 Å². The molecule has 2 aromatic carbocycles. The molecule has 2 heteroatoms. The van der Waals surface area contributed by atoms with Gasteiger partial charge < -0.3 is 0 Å². The van der Waals surface area contributed by atoms with Gasteiger partial charge in [-0.05, 0) is 34.1 Å². The number of benzene rings is 2. The Kier molecular flexibility index (Phi) is 6.92. The standard InChI is InChI=1S/C22H28N2/c1-17(2)21-9-5-19(6-10-21)15-23-13-14-24-16-20-7-11-22(12-8-20)18(3)4/h5-14,17-18H,15-16H2,1-4H3. The largest absolute Gasteiger partial charge is 0.287 e. The predicted octanol–water partition coefficient (Wildman–Crippen LogP) is 5.78. The predicted molar refractivity (Wildman–Crippen MR) is 105 cm³/mol. The first kappa shape index (κ1) is 18.1. The molecule has 2 aromatic rings. The van der Waals surface area contributed by atoms with Crippen molar-refractivity contribution in [1.82, 2.24) is 0 Å². The minimum atomic E-state index is 0.573. The molecule has 0 aliphatic heterocycles. The number of rotatable bonds is 7. The van der Waals surface area contributed by atoms with Crippen LogP contribution in [0.1, 0.15) is 61.8 Å². The molecule has 0 fully saturated rings. The van der Waals surface area contributed by atoms with E-state index in [-0.39, 0.29) is 0 Å². The fourth-order valence-corrected chi connectivity index (χ4v) is 2.43. The molecule has 126 valence electrons. The summed E-state index contributed by atoms with van der Waals surface area (Å²) >= 11 is 0. The van der Waals surface area contributed by atoms with Gasteiger partial charge in [-0.25, -0.2) is 0 Å². The first-order valence-corrected chi connectivity index (χ1v) is 8.72. The highest BCUT2D eigenvalue weighted by Gasteiger charge is 1.98. The van der Waals surface area contributed by atoms with Crippen LogP contribution in [0.2, 0.25) is 0 Å². The highest BCUT2D eigenvalue weighted by molar-refractivity contribution is 6.15. The third-order valence-corrected chi connectivity index (χ3v) is 4.12. The summed E-state index contributed by atoms with van der Waals surface area (Å²) in [6, 6.07) is 17.4. The van der Waals surface area contributed by atoms with Crippen molar-refractivity contribution in [3.8, 4) is 0 Å². The number of hydrogen-bond donors (Lipinski definition) is 0. The molecular formula is C22H28N2. The van der Waals surface area contributed by atoms with E-state index in [4.69, 9.17) is 0 Å². The van der Waals surface area contributed by atoms with Crippen LogP contribution in [-0.2, 0) is 13.1 Å². The summed E-state index contributed by atoms with van der Waals surface area (Å²) in [5.74, 6) is 1.15. The highest BCUT2D eigenvalue weighted by atomic mass is 14.7. The fourth-order valence-electron chi connectivity index (χ4n) is 2.43. The van der Waals surface area contributed by atoms with Crippen LogP contribution in [0.25, 0.3) is 0 Å². The molecule has 0 aliphatic rings. The Bertz CT molecular complexity index is 601. The first-order chi connectivity index (χ1) is 11.6. The third-order valence-electron chi connectivity index (χ3n) is 4.12. The molecule has 0 spiro atoms. The molecule has 2 nitrogen and oxygen atoms in total. The average Bonchev–Trinajstić information content (AvgIpc) is 2.58. The van der Waals surface area contributed by atoms with Crippen molar-refractivity contribution in [2.24, 2.45) is 9.98 Å². The molecule has 0 heterocycles. The number of aliphatic imine (C=N–C) groups is 2. The van der Waals surface area contributed by atoms with Crippen LogP contribution >= 0.6 is 0 Å². The fraction of sp³-hybridized carbons (Fsp3) is 0.364. The summed E-state index contributed by atoms with van der Waals surface area (Å²) in [4.78, 5) is 8.82. The van der Waals surface area contributed by atoms with Gasteiger partial charge in [0.1, 0.15) is 0 Å². The molecule has 0 saturated heterocycles. The Hall–Kier alpha value is -2.22. The lowest BCUT2D eigenvalue weighted by molar-refractivity contribution is 0.864. The Balaban J connectivity index is 1.78. The molecule has 0 bridgehead atoms. The van der Waals surface area contributed by atoms with Crippen LogP contribution < -0.4 is 0 Å². The van der Waals surface area contributed by atoms with Gasteiger partial charge in [-0.1, -0.05) is 76.2 Å². The van der Waals surface area contributed by atoms with Crippen molar-refractivity contribution in [2.75, 3.05) is 0 Å². The molecule has 24 heavy (non-hydrogen) atoms. The van der Waals surface area contributed by atoms with Crippen LogP contribution in [0.5, 0.6) is 0 Å². The topological polar surface area (TPSA) is 24.7 Å². The van der Waals surface area contributed by atoms with E-state index in [1.807, 2.05) is 0 Å². The zero-order valence-electron chi connectivity index (χ0n) is 15.2. The summed E-state index contributed by atoms with van der Waals surface area (Å²) in [7, 11) is 0. The second-order valence-electron chi connectivity index (χ2n) is 6.77. The minimum absolute atomic E-state index is 0.573. The SMILES string of the molecule is CC(C)c1ccc(CN=CC=NCc2ccc(C(C)C)cc2)cc1. The molecular weight excluding hydrogens is 292 g/mol. The molecule has 0 N–H and O–H groups in total. The van der Waals surface area contributed by atoms with Crippen molar-refractivity contribution >= 4 is 12.4 Å². The van der Waals surface area contributed by atoms with Crippen molar-refractivity contribution in [1.29, 1.82) is 0 Å². The number of nitrogens with zero attached hydrogens (tertiary/aromatic N) is 2. The Morgan fingerprint density at radius 1 is 0.625 bits per heavy atom. The lowest BCUT2D eigenvalue weighted by atomic mass is 10.0. The van der Waals surface area contributed by atoms with Crippen molar-refractivity contribution in [3.05, 3.63) is 70.8 Å². The smallest absolute Gasteiger partial charge is 0.0640 e. The molecule has 0 saturated carbocycles. The van der Waals surface area contributed by atoms with Crippen LogP contribution in [0.15, 0.2) is 58.5 Å². The zero-order chi connectivity index (χ0) is 17.4. The van der Waals surface area contributed by atoms with Gasteiger partial charge in [0.25, 0.3) is 0 Å². The average molecular weight is 320 g/mol. The highest BCUT2D eigenvalue weighted by Crippen LogP contribution is 2.15. The summed E-state index contributed by atoms with van der Waals surface area (Å²) < 4.78 is 0. The second-order valence-corrected chi connectivity index (χ2v) is 6.77. The van der Waals surface area contributed by atoms with Gasteiger partial charge in [0, 0.05) is 12.4 Å². The van der Waals surface area contributed by atoms with E-state index in [9.17, 15) is 0 Å². The molecule has 0 aromatic heterocycles. The van der Waals surface area contributed by atoms with Crippen molar-refractivity contribution in [2.45, 2.75) is 52.6 Å². The van der Waals surface area contributed by atoms with Crippen molar-refractivity contribution in [3.63, 3.8) is 0 Å². The summed E-state index contributed by atoms with van der Waals surface area (Å²) in [6.07, 6.45) is 3.58. The second kappa shape index (κ2) is 9.17. The van der Waals surface area contributed by atoms with Crippen molar-refractivity contribution < 1.29 is 0 Å². The summed E-state index contributed by atoms with van der Waals surface area (Å²) in [5, 5.41) is 0. The van der Waals surface area contributed by atoms with Gasteiger partial charge >= 0.3 is 0 Å². The van der Waals surface area contributed by atoms with Gasteiger partial charge in [0.05, 0.1) is 13.1 Å². The van der Waals surface area contributed by atoms with E-state index in [0.717, 1.165) is 0 Å². The maximum Gasteiger partial charge on any atom is 0.0640 e. The van der Waals surface area contributed by atoms with E-state index in [0.29, 0.717) is 24.9 Å². The maximum atomic E-state index is 4.41. The van der Waals surface area contributed by atoms with E-state index in [2.05, 4.69) is 86.2 Å². The van der Waals surface area contributed by atoms with Crippen LogP contribution in [0, 0.1) is 0 Å². The lowest BCUT2D eigenvalue weighted by Crippen LogP contribution is -1.90. The first-order valence-electron chi connectivity index (χ1n) is 8.72. The van der Waals surface area contributed by atoms with Crippen LogP contribution in [-0.4, -0.2) is 12.4 Å². The van der Waals surface area contributed by atoms with E-state index in [1.54, 1.807) is 12.4 Å². The van der Waals surface area contributed by atoms with Gasteiger partial charge in [0.2, 0.25) is 0 Å². The van der Waals surface area contributed by atoms with Gasteiger partial charge in [0.15, 0.2) is 0 Å². The summed E-state index contributed by atoms with van der Waals surface area (Å²) in [6.45, 7) is 10.2. The third kappa shape index (κ3) is 5.77. The van der Waals surface area contributed by atoms with E-state index < -0.39 is 0 Å². The maximum absolute atomic E-state index is 4.41. The molecule has 2 rings (SSSR count). The van der Waals surface area contributed by atoms with Crippen LogP contribution in [0.4, 0.5) is 0 Å². The molecule has 0 aliphatic carbocycles. The molecule has 0 atom stereocenters. The zero-order valence-corrected chi connectivity index (χ0v) is 15.2. The van der Waals surface area contributed by atoms with E-state index >= 15 is 0 Å². The molecule has 0 radical (unpaired) electrons. The van der Waals surface area contributed by atoms with Gasteiger partial charge in [-0.15, -0.1) is 0 Å².